The smallest absolute Gasteiger partial charge is 0.311 e. The number of hydrogen-bond donors (Lipinski definition) is 2. The van der Waals surface area contributed by atoms with Crippen LogP contribution in [0.25, 0.3) is 0 Å². The van der Waals surface area contributed by atoms with Gasteiger partial charge in [-0.05, 0) is 42.3 Å². The first-order chi connectivity index (χ1) is 15.3. The largest absolute Gasteiger partial charge is 0.455 e. The van der Waals surface area contributed by atoms with Crippen LogP contribution in [0, 0.1) is 5.92 Å². The molecule has 32 heavy (non-hydrogen) atoms. The predicted octanol–water partition coefficient (Wildman–Crippen LogP) is 3.23. The van der Waals surface area contributed by atoms with E-state index < -0.39 is 36.2 Å². The van der Waals surface area contributed by atoms with Crippen LogP contribution in [0.1, 0.15) is 29.3 Å². The van der Waals surface area contributed by atoms with Gasteiger partial charge < -0.3 is 10.1 Å². The number of hydrazine groups is 1. The highest BCUT2D eigenvalue weighted by Gasteiger charge is 2.36. The molecule has 0 saturated carbocycles. The molecule has 1 fully saturated rings. The molecule has 1 atom stereocenters. The molecular weight excluding hydrogens is 457 g/mol. The first-order valence-electron chi connectivity index (χ1n) is 9.88. The SMILES string of the molecule is CCc1ccc(NC(=O)COC(=O)[C@H]2CC(=O)N(NC(=O)c3ccc(Cl)c(Cl)c3)C2)cc1. The van der Waals surface area contributed by atoms with Gasteiger partial charge in [-0.1, -0.05) is 42.3 Å². The summed E-state index contributed by atoms with van der Waals surface area (Å²) in [7, 11) is 0. The highest BCUT2D eigenvalue weighted by Crippen LogP contribution is 2.23. The Morgan fingerprint density at radius 1 is 1.09 bits per heavy atom. The number of rotatable bonds is 7. The molecule has 2 aromatic rings. The summed E-state index contributed by atoms with van der Waals surface area (Å²) < 4.78 is 5.05. The lowest BCUT2D eigenvalue weighted by Gasteiger charge is -2.17. The zero-order valence-electron chi connectivity index (χ0n) is 17.2. The second-order valence-corrected chi connectivity index (χ2v) is 8.00. The van der Waals surface area contributed by atoms with E-state index in [0.717, 1.165) is 17.0 Å². The fourth-order valence-corrected chi connectivity index (χ4v) is 3.37. The van der Waals surface area contributed by atoms with E-state index in [0.29, 0.717) is 10.7 Å². The number of ether oxygens (including phenoxy) is 1. The van der Waals surface area contributed by atoms with Crippen LogP contribution < -0.4 is 10.7 Å². The Kier molecular flexibility index (Phi) is 7.71. The quantitative estimate of drug-likeness (QED) is 0.595. The fraction of sp³-hybridized carbons (Fsp3) is 0.273. The normalized spacial score (nSPS) is 15.4. The fourth-order valence-electron chi connectivity index (χ4n) is 3.07. The third kappa shape index (κ3) is 5.99. The van der Waals surface area contributed by atoms with Gasteiger partial charge in [-0.15, -0.1) is 0 Å². The van der Waals surface area contributed by atoms with E-state index in [-0.39, 0.29) is 23.6 Å². The number of amides is 3. The van der Waals surface area contributed by atoms with Crippen LogP contribution in [0.5, 0.6) is 0 Å². The summed E-state index contributed by atoms with van der Waals surface area (Å²) in [5, 5.41) is 4.19. The number of benzene rings is 2. The van der Waals surface area contributed by atoms with Crippen molar-refractivity contribution in [1.82, 2.24) is 10.4 Å². The minimum absolute atomic E-state index is 0.0647. The standard InChI is InChI=1S/C22H21Cl2N3O5/c1-2-13-3-6-16(7-4-13)25-19(28)12-32-22(31)15-10-20(29)27(11-15)26-21(30)14-5-8-17(23)18(24)9-14/h3-9,15H,2,10-12H2,1H3,(H,25,28)(H,26,30)/t15-/m0/s1. The van der Waals surface area contributed by atoms with E-state index in [4.69, 9.17) is 27.9 Å². The number of carbonyl (C=O) groups is 4. The Hall–Kier alpha value is -3.10. The van der Waals surface area contributed by atoms with Crippen molar-refractivity contribution in [2.45, 2.75) is 19.8 Å². The van der Waals surface area contributed by atoms with Crippen molar-refractivity contribution < 1.29 is 23.9 Å². The van der Waals surface area contributed by atoms with E-state index in [1.807, 2.05) is 19.1 Å². The van der Waals surface area contributed by atoms with E-state index >= 15 is 0 Å². The van der Waals surface area contributed by atoms with Gasteiger partial charge in [0.25, 0.3) is 11.8 Å². The molecule has 1 aliphatic rings. The molecule has 0 spiro atoms. The molecule has 8 nitrogen and oxygen atoms in total. The highest BCUT2D eigenvalue weighted by molar-refractivity contribution is 6.42. The van der Waals surface area contributed by atoms with Crippen molar-refractivity contribution in [2.24, 2.45) is 5.92 Å². The van der Waals surface area contributed by atoms with Crippen LogP contribution in [0.4, 0.5) is 5.69 Å². The molecule has 168 valence electrons. The average Bonchev–Trinajstić information content (AvgIpc) is 3.14. The third-order valence-electron chi connectivity index (χ3n) is 4.87. The minimum Gasteiger partial charge on any atom is -0.455 e. The Morgan fingerprint density at radius 2 is 1.81 bits per heavy atom. The maximum Gasteiger partial charge on any atom is 0.311 e. The topological polar surface area (TPSA) is 105 Å². The van der Waals surface area contributed by atoms with E-state index in [2.05, 4.69) is 10.7 Å². The van der Waals surface area contributed by atoms with Gasteiger partial charge in [-0.25, -0.2) is 0 Å². The molecule has 1 heterocycles. The number of nitrogens with one attached hydrogen (secondary N) is 2. The maximum atomic E-state index is 12.3. The monoisotopic (exact) mass is 477 g/mol. The zero-order chi connectivity index (χ0) is 23.3. The van der Waals surface area contributed by atoms with Crippen LogP contribution in [-0.4, -0.2) is 41.9 Å². The molecule has 0 unspecified atom stereocenters. The molecule has 1 saturated heterocycles. The van der Waals surface area contributed by atoms with Gasteiger partial charge in [0, 0.05) is 17.7 Å². The number of halogens is 2. The molecule has 0 radical (unpaired) electrons. The van der Waals surface area contributed by atoms with Gasteiger partial charge in [-0.2, -0.15) is 0 Å². The number of nitrogens with zero attached hydrogens (tertiary/aromatic N) is 1. The summed E-state index contributed by atoms with van der Waals surface area (Å²) in [5.41, 5.74) is 4.38. The van der Waals surface area contributed by atoms with Crippen molar-refractivity contribution in [3.05, 3.63) is 63.6 Å². The third-order valence-corrected chi connectivity index (χ3v) is 5.61. The lowest BCUT2D eigenvalue weighted by molar-refractivity contribution is -0.151. The number of carbonyl (C=O) groups excluding carboxylic acids is 4. The van der Waals surface area contributed by atoms with Crippen molar-refractivity contribution in [3.63, 3.8) is 0 Å². The van der Waals surface area contributed by atoms with Crippen LogP contribution in [0.3, 0.4) is 0 Å². The van der Waals surface area contributed by atoms with Gasteiger partial charge in [0.1, 0.15) is 0 Å². The second-order valence-electron chi connectivity index (χ2n) is 7.18. The second kappa shape index (κ2) is 10.5. The van der Waals surface area contributed by atoms with Gasteiger partial charge in [0.2, 0.25) is 5.91 Å². The van der Waals surface area contributed by atoms with Crippen LogP contribution in [-0.2, 0) is 25.5 Å². The Labute approximate surface area is 194 Å². The Bertz CT molecular complexity index is 1040. The summed E-state index contributed by atoms with van der Waals surface area (Å²) in [6.07, 6.45) is 0.747. The van der Waals surface area contributed by atoms with Crippen molar-refractivity contribution in [1.29, 1.82) is 0 Å². The van der Waals surface area contributed by atoms with E-state index in [1.54, 1.807) is 12.1 Å². The van der Waals surface area contributed by atoms with E-state index in [9.17, 15) is 19.2 Å². The predicted molar refractivity (Wildman–Crippen MR) is 119 cm³/mol. The van der Waals surface area contributed by atoms with Gasteiger partial charge >= 0.3 is 5.97 Å². The number of anilines is 1. The minimum atomic E-state index is -0.798. The van der Waals surface area contributed by atoms with Gasteiger partial charge in [0.15, 0.2) is 6.61 Å². The molecule has 0 bridgehead atoms. The zero-order valence-corrected chi connectivity index (χ0v) is 18.7. The van der Waals surface area contributed by atoms with Crippen LogP contribution >= 0.6 is 23.2 Å². The maximum absolute atomic E-state index is 12.3. The van der Waals surface area contributed by atoms with Crippen molar-refractivity contribution in [2.75, 3.05) is 18.5 Å². The van der Waals surface area contributed by atoms with Gasteiger partial charge in [0.05, 0.1) is 22.5 Å². The number of hydrogen-bond acceptors (Lipinski definition) is 5. The Morgan fingerprint density at radius 3 is 2.47 bits per heavy atom. The summed E-state index contributed by atoms with van der Waals surface area (Å²) in [6, 6.07) is 11.6. The number of aryl methyl sites for hydroxylation is 1. The molecule has 3 amide bonds. The molecular formula is C22H21Cl2N3O5. The lowest BCUT2D eigenvalue weighted by Crippen LogP contribution is -2.43. The Balaban J connectivity index is 1.48. The molecule has 10 heteroatoms. The summed E-state index contributed by atoms with van der Waals surface area (Å²) >= 11 is 11.7. The van der Waals surface area contributed by atoms with Crippen molar-refractivity contribution >= 4 is 52.6 Å². The first kappa shape index (κ1) is 23.6. The van der Waals surface area contributed by atoms with Crippen LogP contribution in [0.2, 0.25) is 10.0 Å². The lowest BCUT2D eigenvalue weighted by atomic mass is 10.1. The molecule has 1 aliphatic heterocycles. The average molecular weight is 478 g/mol. The molecule has 3 rings (SSSR count). The van der Waals surface area contributed by atoms with Crippen molar-refractivity contribution in [3.8, 4) is 0 Å². The molecule has 2 N–H and O–H groups in total. The first-order valence-corrected chi connectivity index (χ1v) is 10.6. The molecule has 0 aliphatic carbocycles. The highest BCUT2D eigenvalue weighted by atomic mass is 35.5. The summed E-state index contributed by atoms with van der Waals surface area (Å²) in [6.45, 7) is 1.49. The summed E-state index contributed by atoms with van der Waals surface area (Å²) in [4.78, 5) is 48.8. The number of esters is 1. The van der Waals surface area contributed by atoms with Crippen LogP contribution in [0.15, 0.2) is 42.5 Å². The van der Waals surface area contributed by atoms with Gasteiger partial charge in [-0.3, -0.25) is 29.6 Å². The van der Waals surface area contributed by atoms with E-state index in [1.165, 1.54) is 18.2 Å². The summed E-state index contributed by atoms with van der Waals surface area (Å²) in [5.74, 6) is -2.99. The molecule has 2 aromatic carbocycles. The molecule has 0 aromatic heterocycles.